The Kier molecular flexibility index (Phi) is 11.2. The van der Waals surface area contributed by atoms with Gasteiger partial charge in [0.05, 0.1) is 44.1 Å². The van der Waals surface area contributed by atoms with E-state index in [1.165, 1.54) is 0 Å². The molecule has 0 spiro atoms. The molecule has 356 valence electrons. The highest BCUT2D eigenvalue weighted by molar-refractivity contribution is 6.04. The number of imidazole rings is 4. The van der Waals surface area contributed by atoms with Crippen LogP contribution in [0.3, 0.4) is 0 Å². The van der Waals surface area contributed by atoms with Gasteiger partial charge in [0.2, 0.25) is 0 Å². The topological polar surface area (TPSA) is 238 Å². The van der Waals surface area contributed by atoms with E-state index in [1.54, 1.807) is 0 Å². The number of pyridine rings is 2. The first-order valence-electron chi connectivity index (χ1n) is 24.7. The zero-order valence-electron chi connectivity index (χ0n) is 39.3. The lowest BCUT2D eigenvalue weighted by molar-refractivity contribution is 0.742. The SMILES string of the molecule is c1cc(-c2nc3ccc(C4=NCCCN4)cc3[nH]2)nc(-c2nc3ccc(C4=NCCCN4)cc3[nH]2)c1.c1cc(-c2nc3ccc(C4=NCCCN4)cc3[nH]2)nc(-c2nc3ccc(C4=NCCCN4)cc3[nH]2)c1. The summed E-state index contributed by atoms with van der Waals surface area (Å²) in [5.74, 6) is 6.67. The number of aromatic amines is 4. The van der Waals surface area contributed by atoms with Crippen LogP contribution in [0.1, 0.15) is 47.9 Å². The Morgan fingerprint density at radius 1 is 0.292 bits per heavy atom. The van der Waals surface area contributed by atoms with E-state index < -0.39 is 0 Å². The van der Waals surface area contributed by atoms with Crippen LogP contribution in [0.2, 0.25) is 0 Å². The number of rotatable bonds is 8. The van der Waals surface area contributed by atoms with Crippen molar-refractivity contribution in [3.63, 3.8) is 0 Å². The third-order valence-electron chi connectivity index (χ3n) is 13.1. The van der Waals surface area contributed by atoms with Crippen LogP contribution in [0.5, 0.6) is 0 Å². The minimum atomic E-state index is 0.724. The summed E-state index contributed by atoms with van der Waals surface area (Å²) in [7, 11) is 0. The van der Waals surface area contributed by atoms with Crippen molar-refractivity contribution in [1.82, 2.24) is 71.1 Å². The Morgan fingerprint density at radius 3 is 0.792 bits per heavy atom. The summed E-state index contributed by atoms with van der Waals surface area (Å²) < 4.78 is 0. The number of benzene rings is 4. The molecular formula is C54H50N18. The van der Waals surface area contributed by atoms with E-state index in [2.05, 4.69) is 110 Å². The molecule has 6 aromatic heterocycles. The van der Waals surface area contributed by atoms with E-state index in [4.69, 9.17) is 29.9 Å². The highest BCUT2D eigenvalue weighted by atomic mass is 15.1. The maximum Gasteiger partial charge on any atom is 0.157 e. The molecule has 0 saturated carbocycles. The fourth-order valence-corrected chi connectivity index (χ4v) is 9.41. The van der Waals surface area contributed by atoms with Crippen LogP contribution in [0.4, 0.5) is 0 Å². The van der Waals surface area contributed by atoms with Crippen molar-refractivity contribution < 1.29 is 0 Å². The predicted octanol–water partition coefficient (Wildman–Crippen LogP) is 7.30. The molecule has 4 aliphatic rings. The van der Waals surface area contributed by atoms with Gasteiger partial charge >= 0.3 is 0 Å². The molecule has 18 heteroatoms. The quantitative estimate of drug-likeness (QED) is 0.0757. The Bertz CT molecular complexity index is 3320. The van der Waals surface area contributed by atoms with Gasteiger partial charge in [0.25, 0.3) is 0 Å². The second-order valence-corrected chi connectivity index (χ2v) is 18.1. The third-order valence-corrected chi connectivity index (χ3v) is 13.1. The zero-order chi connectivity index (χ0) is 47.8. The number of hydrogen-bond donors (Lipinski definition) is 8. The van der Waals surface area contributed by atoms with Crippen molar-refractivity contribution in [3.8, 4) is 46.1 Å². The van der Waals surface area contributed by atoms with Crippen LogP contribution in [0.15, 0.2) is 129 Å². The summed E-state index contributed by atoms with van der Waals surface area (Å²) >= 11 is 0. The van der Waals surface area contributed by atoms with Crippen LogP contribution in [0.25, 0.3) is 90.2 Å². The predicted molar refractivity (Wildman–Crippen MR) is 285 cm³/mol. The van der Waals surface area contributed by atoms with E-state index in [9.17, 15) is 0 Å². The average molecular weight is 951 g/mol. The number of hydrogen-bond acceptors (Lipinski definition) is 14. The van der Waals surface area contributed by atoms with Crippen LogP contribution in [0, 0.1) is 0 Å². The van der Waals surface area contributed by atoms with Gasteiger partial charge in [0.1, 0.15) is 46.1 Å². The Morgan fingerprint density at radius 2 is 0.556 bits per heavy atom. The van der Waals surface area contributed by atoms with Gasteiger partial charge in [-0.1, -0.05) is 12.1 Å². The van der Waals surface area contributed by atoms with Gasteiger partial charge in [-0.05, 0) is 123 Å². The molecule has 72 heavy (non-hydrogen) atoms. The molecule has 14 rings (SSSR count). The largest absolute Gasteiger partial charge is 0.370 e. The van der Waals surface area contributed by atoms with Crippen molar-refractivity contribution in [2.75, 3.05) is 52.4 Å². The van der Waals surface area contributed by atoms with Crippen LogP contribution >= 0.6 is 0 Å². The van der Waals surface area contributed by atoms with E-state index >= 15 is 0 Å². The van der Waals surface area contributed by atoms with E-state index in [0.29, 0.717) is 0 Å². The molecule has 0 saturated heterocycles. The minimum Gasteiger partial charge on any atom is -0.370 e. The van der Waals surface area contributed by atoms with Gasteiger partial charge in [0.15, 0.2) is 23.3 Å². The van der Waals surface area contributed by atoms with Gasteiger partial charge in [-0.15, -0.1) is 0 Å². The van der Waals surface area contributed by atoms with Crippen molar-refractivity contribution in [2.24, 2.45) is 20.0 Å². The van der Waals surface area contributed by atoms with E-state index in [1.807, 2.05) is 60.7 Å². The number of H-pyrrole nitrogens is 4. The van der Waals surface area contributed by atoms with Gasteiger partial charge in [-0.25, -0.2) is 29.9 Å². The Balaban J connectivity index is 0.000000140. The summed E-state index contributed by atoms with van der Waals surface area (Å²) in [6.45, 7) is 7.26. The number of aromatic nitrogens is 10. The van der Waals surface area contributed by atoms with E-state index in [-0.39, 0.29) is 0 Å². The fraction of sp³-hybridized carbons (Fsp3) is 0.222. The smallest absolute Gasteiger partial charge is 0.157 e. The lowest BCUT2D eigenvalue weighted by atomic mass is 10.1. The first-order chi connectivity index (χ1) is 35.6. The third kappa shape index (κ3) is 8.67. The van der Waals surface area contributed by atoms with Gasteiger partial charge in [0, 0.05) is 74.6 Å². The molecular weight excluding hydrogens is 901 g/mol. The van der Waals surface area contributed by atoms with Crippen molar-refractivity contribution in [2.45, 2.75) is 25.7 Å². The van der Waals surface area contributed by atoms with Crippen LogP contribution in [-0.2, 0) is 0 Å². The lowest BCUT2D eigenvalue weighted by Gasteiger charge is -2.14. The summed E-state index contributed by atoms with van der Waals surface area (Å²) in [6, 6.07) is 36.5. The molecule has 0 atom stereocenters. The first kappa shape index (κ1) is 43.0. The number of aliphatic imine (C=N–C) groups is 4. The first-order valence-corrected chi connectivity index (χ1v) is 24.7. The molecule has 18 nitrogen and oxygen atoms in total. The molecule has 0 radical (unpaired) electrons. The Labute approximate surface area is 412 Å². The minimum absolute atomic E-state index is 0.724. The highest BCUT2D eigenvalue weighted by Crippen LogP contribution is 2.27. The standard InChI is InChI=1S/2C27H25N9/c2*1-4-20(26-33-18-8-6-16(14-22(18)35-26)24-28-10-2-11-29-24)32-21(5-1)27-34-19-9-7-17(15-23(19)36-27)25-30-12-3-13-31-25/h2*1,4-9,14-15H,2-3,10-13H2,(H,28,29)(H,30,31)(H,33,35)(H,34,36). The monoisotopic (exact) mass is 950 g/mol. The summed E-state index contributed by atoms with van der Waals surface area (Å²) in [6.07, 6.45) is 4.28. The van der Waals surface area contributed by atoms with Crippen molar-refractivity contribution in [3.05, 3.63) is 131 Å². The van der Waals surface area contributed by atoms with Crippen molar-refractivity contribution >= 4 is 67.5 Å². The number of fused-ring (bicyclic) bond motifs is 4. The molecule has 4 aliphatic heterocycles. The highest BCUT2D eigenvalue weighted by Gasteiger charge is 2.18. The van der Waals surface area contributed by atoms with E-state index in [0.717, 1.165) is 214 Å². The molecule has 0 fully saturated rings. The lowest BCUT2D eigenvalue weighted by Crippen LogP contribution is -2.30. The second kappa shape index (κ2) is 18.7. The molecule has 0 bridgehead atoms. The van der Waals surface area contributed by atoms with Crippen LogP contribution < -0.4 is 21.3 Å². The average Bonchev–Trinajstić information content (AvgIpc) is 4.29. The summed E-state index contributed by atoms with van der Waals surface area (Å²) in [4.78, 5) is 61.0. The van der Waals surface area contributed by atoms with Gasteiger partial charge in [-0.3, -0.25) is 20.0 Å². The Hall–Kier alpha value is -9.06. The number of nitrogens with one attached hydrogen (secondary N) is 8. The second-order valence-electron chi connectivity index (χ2n) is 18.1. The molecule has 0 aliphatic carbocycles. The molecule has 10 aromatic rings. The van der Waals surface area contributed by atoms with Gasteiger partial charge < -0.3 is 41.2 Å². The molecule has 4 aromatic carbocycles. The normalized spacial score (nSPS) is 15.9. The molecule has 0 amide bonds. The maximum absolute atomic E-state index is 4.87. The zero-order valence-corrected chi connectivity index (χ0v) is 39.3. The molecule has 10 heterocycles. The van der Waals surface area contributed by atoms with Crippen LogP contribution in [-0.4, -0.2) is 126 Å². The molecule has 0 unspecified atom stereocenters. The van der Waals surface area contributed by atoms with Gasteiger partial charge in [-0.2, -0.15) is 0 Å². The summed E-state index contributed by atoms with van der Waals surface area (Å²) in [5, 5.41) is 13.5. The fourth-order valence-electron chi connectivity index (χ4n) is 9.41. The number of amidine groups is 4. The maximum atomic E-state index is 4.87. The summed E-state index contributed by atoms with van der Waals surface area (Å²) in [5.41, 5.74) is 14.7. The van der Waals surface area contributed by atoms with Crippen molar-refractivity contribution in [1.29, 1.82) is 0 Å². The molecule has 8 N–H and O–H groups in total. The number of nitrogens with zero attached hydrogens (tertiary/aromatic N) is 10.